The van der Waals surface area contributed by atoms with Gasteiger partial charge in [-0.25, -0.2) is 4.79 Å². The molecule has 22 heavy (non-hydrogen) atoms. The lowest BCUT2D eigenvalue weighted by molar-refractivity contribution is 0.145. The molecule has 0 bridgehead atoms. The molecule has 0 saturated heterocycles. The predicted octanol–water partition coefficient (Wildman–Crippen LogP) is 2.38. The van der Waals surface area contributed by atoms with Crippen molar-refractivity contribution in [3.05, 3.63) is 60.2 Å². The third-order valence-electron chi connectivity index (χ3n) is 3.32. The topological polar surface area (TPSA) is 71.5 Å². The van der Waals surface area contributed by atoms with Crippen LogP contribution in [0.25, 0.3) is 10.9 Å². The first-order valence-electron chi connectivity index (χ1n) is 6.83. The maximum Gasteiger partial charge on any atom is 0.581 e. The molecule has 0 atom stereocenters. The van der Waals surface area contributed by atoms with E-state index in [4.69, 9.17) is 9.39 Å². The SMILES string of the molecule is Cc1cccc2[nH]c(B(O)OC(=O)Oc3ccccc3)cc12. The molecule has 0 spiro atoms. The van der Waals surface area contributed by atoms with Gasteiger partial charge < -0.3 is 19.4 Å². The lowest BCUT2D eigenvalue weighted by Gasteiger charge is -2.07. The van der Waals surface area contributed by atoms with E-state index in [2.05, 4.69) is 4.98 Å². The number of nitrogens with one attached hydrogen (secondary N) is 1. The molecule has 0 radical (unpaired) electrons. The second-order valence-electron chi connectivity index (χ2n) is 4.90. The summed E-state index contributed by atoms with van der Waals surface area (Å²) in [6.07, 6.45) is -0.964. The highest BCUT2D eigenvalue weighted by Crippen LogP contribution is 2.15. The number of fused-ring (bicyclic) bond motifs is 1. The maximum atomic E-state index is 11.7. The van der Waals surface area contributed by atoms with E-state index >= 15 is 0 Å². The maximum absolute atomic E-state index is 11.7. The highest BCUT2D eigenvalue weighted by molar-refractivity contribution is 6.61. The highest BCUT2D eigenvalue weighted by Gasteiger charge is 2.25. The summed E-state index contributed by atoms with van der Waals surface area (Å²) < 4.78 is 9.84. The molecule has 110 valence electrons. The van der Waals surface area contributed by atoms with Crippen molar-refractivity contribution in [1.82, 2.24) is 4.98 Å². The molecular formula is C16H14BNO4. The number of ether oxygens (including phenoxy) is 1. The van der Waals surface area contributed by atoms with E-state index in [1.165, 1.54) is 0 Å². The minimum atomic E-state index is -1.41. The van der Waals surface area contributed by atoms with Crippen LogP contribution in [0.3, 0.4) is 0 Å². The Morgan fingerprint density at radius 2 is 1.91 bits per heavy atom. The summed E-state index contributed by atoms with van der Waals surface area (Å²) in [5.74, 6) is 0.354. The molecule has 1 aromatic heterocycles. The number of aromatic nitrogens is 1. The summed E-state index contributed by atoms with van der Waals surface area (Å²) in [5.41, 5.74) is 2.34. The van der Waals surface area contributed by atoms with E-state index in [1.807, 2.05) is 25.1 Å². The molecule has 3 rings (SSSR count). The molecular weight excluding hydrogens is 281 g/mol. The first-order valence-corrected chi connectivity index (χ1v) is 6.83. The fourth-order valence-electron chi connectivity index (χ4n) is 2.22. The summed E-state index contributed by atoms with van der Waals surface area (Å²) in [6.45, 7) is 1.97. The number of aryl methyl sites for hydroxylation is 1. The first-order chi connectivity index (χ1) is 10.6. The van der Waals surface area contributed by atoms with E-state index in [9.17, 15) is 9.82 Å². The zero-order valence-electron chi connectivity index (χ0n) is 11.9. The van der Waals surface area contributed by atoms with Crippen molar-refractivity contribution in [2.45, 2.75) is 6.92 Å². The van der Waals surface area contributed by atoms with E-state index in [0.29, 0.717) is 11.3 Å². The van der Waals surface area contributed by atoms with Crippen LogP contribution in [0.4, 0.5) is 4.79 Å². The third-order valence-corrected chi connectivity index (χ3v) is 3.32. The lowest BCUT2D eigenvalue weighted by Crippen LogP contribution is -2.37. The van der Waals surface area contributed by atoms with Gasteiger partial charge in [0.15, 0.2) is 0 Å². The minimum absolute atomic E-state index is 0.354. The highest BCUT2D eigenvalue weighted by atomic mass is 16.7. The Labute approximate surface area is 127 Å². The Balaban J connectivity index is 1.71. The number of aromatic amines is 1. The van der Waals surface area contributed by atoms with E-state index in [-0.39, 0.29) is 0 Å². The molecule has 3 aromatic rings. The van der Waals surface area contributed by atoms with Crippen LogP contribution in [0.1, 0.15) is 5.56 Å². The Morgan fingerprint density at radius 3 is 2.64 bits per heavy atom. The van der Waals surface area contributed by atoms with Crippen molar-refractivity contribution in [2.24, 2.45) is 0 Å². The molecule has 0 amide bonds. The molecule has 0 aliphatic heterocycles. The number of para-hydroxylation sites is 1. The van der Waals surface area contributed by atoms with Gasteiger partial charge in [0.1, 0.15) is 5.75 Å². The fourth-order valence-corrected chi connectivity index (χ4v) is 2.22. The molecule has 0 aliphatic carbocycles. The van der Waals surface area contributed by atoms with Gasteiger partial charge in [0.25, 0.3) is 0 Å². The van der Waals surface area contributed by atoms with Crippen molar-refractivity contribution >= 4 is 29.8 Å². The number of hydrogen-bond acceptors (Lipinski definition) is 4. The van der Waals surface area contributed by atoms with Crippen molar-refractivity contribution in [2.75, 3.05) is 0 Å². The summed E-state index contributed by atoms with van der Waals surface area (Å²) in [6, 6.07) is 16.1. The molecule has 6 heteroatoms. The first kappa shape index (κ1) is 14.2. The van der Waals surface area contributed by atoms with E-state index < -0.39 is 13.3 Å². The van der Waals surface area contributed by atoms with Crippen molar-refractivity contribution < 1.29 is 19.2 Å². The van der Waals surface area contributed by atoms with Gasteiger partial charge >= 0.3 is 13.3 Å². The molecule has 0 unspecified atom stereocenters. The van der Waals surface area contributed by atoms with Crippen LogP contribution in [0.5, 0.6) is 5.75 Å². The van der Waals surface area contributed by atoms with Gasteiger partial charge in [-0.15, -0.1) is 0 Å². The predicted molar refractivity (Wildman–Crippen MR) is 84.2 cm³/mol. The Hall–Kier alpha value is -2.73. The van der Waals surface area contributed by atoms with Crippen molar-refractivity contribution in [3.8, 4) is 5.75 Å². The molecule has 2 aromatic carbocycles. The number of hydrogen-bond donors (Lipinski definition) is 2. The minimum Gasteiger partial charge on any atom is -0.472 e. The van der Waals surface area contributed by atoms with Gasteiger partial charge in [0.2, 0.25) is 0 Å². The summed E-state index contributed by atoms with van der Waals surface area (Å²) in [5, 5.41) is 11.0. The van der Waals surface area contributed by atoms with E-state index in [1.54, 1.807) is 36.4 Å². The zero-order valence-corrected chi connectivity index (χ0v) is 11.9. The summed E-state index contributed by atoms with van der Waals surface area (Å²) >= 11 is 0. The van der Waals surface area contributed by atoms with Gasteiger partial charge in [-0.1, -0.05) is 30.3 Å². The van der Waals surface area contributed by atoms with Gasteiger partial charge in [-0.2, -0.15) is 0 Å². The third kappa shape index (κ3) is 2.97. The number of H-pyrrole nitrogens is 1. The molecule has 0 aliphatic rings. The van der Waals surface area contributed by atoms with Crippen molar-refractivity contribution in [3.63, 3.8) is 0 Å². The molecule has 5 nitrogen and oxygen atoms in total. The van der Waals surface area contributed by atoms with Crippen LogP contribution in [-0.2, 0) is 4.65 Å². The smallest absolute Gasteiger partial charge is 0.472 e. The number of carbonyl (C=O) groups is 1. The van der Waals surface area contributed by atoms with Crippen LogP contribution in [0, 0.1) is 6.92 Å². The van der Waals surface area contributed by atoms with Crippen LogP contribution in [0.2, 0.25) is 0 Å². The molecule has 1 heterocycles. The standard InChI is InChI=1S/C16H14BNO4/c1-11-6-5-9-14-13(11)10-15(18-14)17(20)22-16(19)21-12-7-3-2-4-8-12/h2-10,18,20H,1H3. The van der Waals surface area contributed by atoms with Crippen molar-refractivity contribution in [1.29, 1.82) is 0 Å². The lowest BCUT2D eigenvalue weighted by atomic mass is 9.85. The quantitative estimate of drug-likeness (QED) is 0.442. The zero-order chi connectivity index (χ0) is 15.5. The van der Waals surface area contributed by atoms with Crippen LogP contribution >= 0.6 is 0 Å². The van der Waals surface area contributed by atoms with Crippen LogP contribution in [-0.4, -0.2) is 23.3 Å². The number of carbonyl (C=O) groups excluding carboxylic acids is 1. The Bertz CT molecular complexity index is 800. The molecule has 0 saturated carbocycles. The monoisotopic (exact) mass is 295 g/mol. The van der Waals surface area contributed by atoms with Gasteiger partial charge in [0.05, 0.1) is 5.59 Å². The van der Waals surface area contributed by atoms with Crippen LogP contribution < -0.4 is 10.3 Å². The van der Waals surface area contributed by atoms with E-state index in [0.717, 1.165) is 16.5 Å². The second-order valence-corrected chi connectivity index (χ2v) is 4.90. The summed E-state index contributed by atoms with van der Waals surface area (Å²) in [4.78, 5) is 14.7. The largest absolute Gasteiger partial charge is 0.581 e. The van der Waals surface area contributed by atoms with Crippen LogP contribution in [0.15, 0.2) is 54.6 Å². The van der Waals surface area contributed by atoms with Gasteiger partial charge in [-0.3, -0.25) is 0 Å². The number of rotatable bonds is 3. The summed E-state index contributed by atoms with van der Waals surface area (Å²) in [7, 11) is -1.41. The average Bonchev–Trinajstić information content (AvgIpc) is 2.94. The fraction of sp³-hybridized carbons (Fsp3) is 0.0625. The molecule has 2 N–H and O–H groups in total. The second kappa shape index (κ2) is 5.95. The molecule has 0 fully saturated rings. The van der Waals surface area contributed by atoms with Gasteiger partial charge in [0, 0.05) is 10.9 Å². The average molecular weight is 295 g/mol. The Morgan fingerprint density at radius 1 is 1.14 bits per heavy atom. The normalized spacial score (nSPS) is 10.5. The van der Waals surface area contributed by atoms with Gasteiger partial charge in [-0.05, 0) is 36.8 Å². The number of benzene rings is 2. The Kier molecular flexibility index (Phi) is 3.85.